The number of rotatable bonds is 6. The van der Waals surface area contributed by atoms with Gasteiger partial charge < -0.3 is 15.0 Å². The zero-order chi connectivity index (χ0) is 15.4. The Kier molecular flexibility index (Phi) is 5.00. The maximum absolute atomic E-state index is 12.0. The Morgan fingerprint density at radius 1 is 1.55 bits per heavy atom. The number of nitrogens with one attached hydrogen (secondary N) is 2. The highest BCUT2D eigenvalue weighted by molar-refractivity contribution is 7.99. The molecule has 3 rings (SSSR count). The molecule has 1 aliphatic rings. The first-order chi connectivity index (χ1) is 10.7. The third kappa shape index (κ3) is 3.81. The summed E-state index contributed by atoms with van der Waals surface area (Å²) in [6, 6.07) is 8.03. The number of aromatic amines is 1. The number of thioether (sulfide) groups is 1. The summed E-state index contributed by atoms with van der Waals surface area (Å²) in [5.74, 6) is 2.11. The van der Waals surface area contributed by atoms with Gasteiger partial charge in [-0.15, -0.1) is 11.8 Å². The maximum Gasteiger partial charge on any atom is 0.230 e. The van der Waals surface area contributed by atoms with Crippen molar-refractivity contribution in [3.8, 4) is 0 Å². The predicted octanol–water partition coefficient (Wildman–Crippen LogP) is 2.48. The Bertz CT molecular complexity index is 604. The number of benzene rings is 1. The molecule has 1 amide bonds. The second-order valence-electron chi connectivity index (χ2n) is 5.60. The highest BCUT2D eigenvalue weighted by atomic mass is 32.2. The molecule has 0 aliphatic carbocycles. The summed E-state index contributed by atoms with van der Waals surface area (Å²) >= 11 is 1.57. The number of hydrogen-bond donors (Lipinski definition) is 2. The molecule has 0 radical (unpaired) electrons. The minimum Gasteiger partial charge on any atom is -0.376 e. The lowest BCUT2D eigenvalue weighted by atomic mass is 10.1. The van der Waals surface area contributed by atoms with Gasteiger partial charge in [0.25, 0.3) is 0 Å². The van der Waals surface area contributed by atoms with E-state index in [1.165, 1.54) is 0 Å². The molecule has 2 N–H and O–H groups in total. The SMILES string of the molecule is C[C@H](NC(=O)CSCc1nc2ccccc2[nH]1)[C@H]1CCCO1. The number of aromatic nitrogens is 2. The number of hydrogen-bond acceptors (Lipinski definition) is 4. The Labute approximate surface area is 134 Å². The van der Waals surface area contributed by atoms with Crippen molar-refractivity contribution in [2.45, 2.75) is 37.7 Å². The molecular weight excluding hydrogens is 298 g/mol. The molecule has 6 heteroatoms. The largest absolute Gasteiger partial charge is 0.376 e. The number of nitrogens with zero attached hydrogens (tertiary/aromatic N) is 1. The number of imidazole rings is 1. The Morgan fingerprint density at radius 2 is 2.41 bits per heavy atom. The van der Waals surface area contributed by atoms with Crippen molar-refractivity contribution < 1.29 is 9.53 Å². The van der Waals surface area contributed by atoms with Gasteiger partial charge in [-0.25, -0.2) is 4.98 Å². The summed E-state index contributed by atoms with van der Waals surface area (Å²) in [5, 5.41) is 3.02. The van der Waals surface area contributed by atoms with Gasteiger partial charge in [-0.3, -0.25) is 4.79 Å². The summed E-state index contributed by atoms with van der Waals surface area (Å²) in [5.41, 5.74) is 2.00. The van der Waals surface area contributed by atoms with E-state index in [0.29, 0.717) is 11.5 Å². The standard InChI is InChI=1S/C16H21N3O2S/c1-11(14-7-4-8-21-14)17-16(20)10-22-9-15-18-12-5-2-3-6-13(12)19-15/h2-3,5-6,11,14H,4,7-10H2,1H3,(H,17,20)(H,18,19)/t11-,14+/m0/s1. The molecule has 0 spiro atoms. The van der Waals surface area contributed by atoms with Crippen LogP contribution in [0.5, 0.6) is 0 Å². The third-order valence-corrected chi connectivity index (χ3v) is 4.77. The fraction of sp³-hybridized carbons (Fsp3) is 0.500. The van der Waals surface area contributed by atoms with E-state index in [4.69, 9.17) is 4.74 Å². The number of amides is 1. The minimum absolute atomic E-state index is 0.0594. The second-order valence-corrected chi connectivity index (χ2v) is 6.59. The molecule has 1 saturated heterocycles. The number of carbonyl (C=O) groups excluding carboxylic acids is 1. The van der Waals surface area contributed by atoms with Gasteiger partial charge in [-0.1, -0.05) is 12.1 Å². The summed E-state index contributed by atoms with van der Waals surface area (Å²) in [4.78, 5) is 19.7. The van der Waals surface area contributed by atoms with E-state index >= 15 is 0 Å². The number of fused-ring (bicyclic) bond motifs is 1. The summed E-state index contributed by atoms with van der Waals surface area (Å²) in [6.07, 6.45) is 2.29. The van der Waals surface area contributed by atoms with Crippen molar-refractivity contribution in [3.63, 3.8) is 0 Å². The van der Waals surface area contributed by atoms with Gasteiger partial charge in [-0.05, 0) is 31.9 Å². The van der Waals surface area contributed by atoms with E-state index in [0.717, 1.165) is 36.3 Å². The van der Waals surface area contributed by atoms with Crippen molar-refractivity contribution in [2.75, 3.05) is 12.4 Å². The van der Waals surface area contributed by atoms with Crippen LogP contribution in [-0.4, -0.2) is 40.4 Å². The van der Waals surface area contributed by atoms with Crippen LogP contribution >= 0.6 is 11.8 Å². The van der Waals surface area contributed by atoms with Crippen LogP contribution in [0, 0.1) is 0 Å². The maximum atomic E-state index is 12.0. The zero-order valence-electron chi connectivity index (χ0n) is 12.7. The van der Waals surface area contributed by atoms with Crippen molar-refractivity contribution in [1.82, 2.24) is 15.3 Å². The molecule has 1 aromatic carbocycles. The van der Waals surface area contributed by atoms with Gasteiger partial charge in [-0.2, -0.15) is 0 Å². The van der Waals surface area contributed by atoms with Gasteiger partial charge in [0, 0.05) is 6.61 Å². The molecule has 1 aromatic heterocycles. The van der Waals surface area contributed by atoms with Crippen molar-refractivity contribution in [2.24, 2.45) is 0 Å². The average molecular weight is 319 g/mol. The Hall–Kier alpha value is -1.53. The highest BCUT2D eigenvalue weighted by Gasteiger charge is 2.23. The lowest BCUT2D eigenvalue weighted by Gasteiger charge is -2.19. The van der Waals surface area contributed by atoms with Crippen LogP contribution in [0.3, 0.4) is 0 Å². The fourth-order valence-electron chi connectivity index (χ4n) is 2.70. The summed E-state index contributed by atoms with van der Waals surface area (Å²) in [7, 11) is 0. The van der Waals surface area contributed by atoms with Crippen LogP contribution in [0.25, 0.3) is 11.0 Å². The van der Waals surface area contributed by atoms with Crippen LogP contribution < -0.4 is 5.32 Å². The summed E-state index contributed by atoms with van der Waals surface area (Å²) in [6.45, 7) is 2.82. The molecule has 0 saturated carbocycles. The molecule has 118 valence electrons. The van der Waals surface area contributed by atoms with Crippen LogP contribution in [0.4, 0.5) is 0 Å². The monoisotopic (exact) mass is 319 g/mol. The van der Waals surface area contributed by atoms with Gasteiger partial charge >= 0.3 is 0 Å². The van der Waals surface area contributed by atoms with Gasteiger partial charge in [0.1, 0.15) is 5.82 Å². The molecule has 22 heavy (non-hydrogen) atoms. The topological polar surface area (TPSA) is 67.0 Å². The van der Waals surface area contributed by atoms with Gasteiger partial charge in [0.05, 0.1) is 34.7 Å². The molecule has 1 fully saturated rings. The Morgan fingerprint density at radius 3 is 3.18 bits per heavy atom. The van der Waals surface area contributed by atoms with E-state index < -0.39 is 0 Å². The van der Waals surface area contributed by atoms with Crippen LogP contribution in [0.1, 0.15) is 25.6 Å². The van der Waals surface area contributed by atoms with E-state index in [1.807, 2.05) is 31.2 Å². The average Bonchev–Trinajstić information content (AvgIpc) is 3.16. The molecule has 2 atom stereocenters. The first kappa shape index (κ1) is 15.4. The van der Waals surface area contributed by atoms with E-state index in [2.05, 4.69) is 15.3 Å². The molecule has 0 unspecified atom stereocenters. The predicted molar refractivity (Wildman–Crippen MR) is 88.8 cm³/mol. The molecule has 1 aliphatic heterocycles. The van der Waals surface area contributed by atoms with Crippen LogP contribution in [0.2, 0.25) is 0 Å². The van der Waals surface area contributed by atoms with Crippen molar-refractivity contribution >= 4 is 28.7 Å². The quantitative estimate of drug-likeness (QED) is 0.858. The number of para-hydroxylation sites is 2. The van der Waals surface area contributed by atoms with Gasteiger partial charge in [0.15, 0.2) is 0 Å². The zero-order valence-corrected chi connectivity index (χ0v) is 13.5. The fourth-order valence-corrected chi connectivity index (χ4v) is 3.40. The van der Waals surface area contributed by atoms with Crippen LogP contribution in [0.15, 0.2) is 24.3 Å². The second kappa shape index (κ2) is 7.15. The first-order valence-corrected chi connectivity index (χ1v) is 8.80. The van der Waals surface area contributed by atoms with E-state index in [1.54, 1.807) is 11.8 Å². The smallest absolute Gasteiger partial charge is 0.230 e. The third-order valence-electron chi connectivity index (χ3n) is 3.82. The van der Waals surface area contributed by atoms with Crippen LogP contribution in [-0.2, 0) is 15.3 Å². The van der Waals surface area contributed by atoms with Crippen molar-refractivity contribution in [3.05, 3.63) is 30.1 Å². The molecular formula is C16H21N3O2S. The molecule has 0 bridgehead atoms. The van der Waals surface area contributed by atoms with Gasteiger partial charge in [0.2, 0.25) is 5.91 Å². The summed E-state index contributed by atoms with van der Waals surface area (Å²) < 4.78 is 5.59. The van der Waals surface area contributed by atoms with Crippen molar-refractivity contribution in [1.29, 1.82) is 0 Å². The molecule has 2 aromatic rings. The lowest BCUT2D eigenvalue weighted by molar-refractivity contribution is -0.120. The molecule has 2 heterocycles. The normalized spacial score (nSPS) is 19.4. The Balaban J connectivity index is 1.43. The highest BCUT2D eigenvalue weighted by Crippen LogP contribution is 2.17. The van der Waals surface area contributed by atoms with E-state index in [9.17, 15) is 4.79 Å². The number of H-pyrrole nitrogens is 1. The number of ether oxygens (including phenoxy) is 1. The van der Waals surface area contributed by atoms with E-state index in [-0.39, 0.29) is 18.1 Å². The lowest BCUT2D eigenvalue weighted by Crippen LogP contribution is -2.41. The number of carbonyl (C=O) groups is 1. The minimum atomic E-state index is 0.0594. The first-order valence-electron chi connectivity index (χ1n) is 7.65. The molecule has 5 nitrogen and oxygen atoms in total.